The Hall–Kier alpha value is -0.280. The highest BCUT2D eigenvalue weighted by molar-refractivity contribution is 6.18. The van der Waals surface area contributed by atoms with E-state index < -0.39 is 5.60 Å². The highest BCUT2D eigenvalue weighted by Gasteiger charge is 2.39. The van der Waals surface area contributed by atoms with Gasteiger partial charge >= 0.3 is 0 Å². The van der Waals surface area contributed by atoms with Crippen LogP contribution in [0.4, 0.5) is 0 Å². The molecule has 3 nitrogen and oxygen atoms in total. The number of carbonyl (C=O) groups excluding carboxylic acids is 1. The second kappa shape index (κ2) is 4.07. The summed E-state index contributed by atoms with van der Waals surface area (Å²) in [6.45, 7) is 6.30. The van der Waals surface area contributed by atoms with Crippen molar-refractivity contribution in [2.45, 2.75) is 44.8 Å². The summed E-state index contributed by atoms with van der Waals surface area (Å²) in [5.74, 6) is 0.343. The summed E-state index contributed by atoms with van der Waals surface area (Å²) >= 11 is 5.73. The van der Waals surface area contributed by atoms with Crippen molar-refractivity contribution in [2.75, 3.05) is 12.5 Å². The third-order valence-corrected chi connectivity index (χ3v) is 3.15. The van der Waals surface area contributed by atoms with E-state index in [1.165, 1.54) is 0 Å². The molecule has 0 saturated carbocycles. The van der Waals surface area contributed by atoms with E-state index in [2.05, 4.69) is 5.32 Å². The molecule has 1 saturated heterocycles. The van der Waals surface area contributed by atoms with Gasteiger partial charge in [0, 0.05) is 18.0 Å². The van der Waals surface area contributed by atoms with Gasteiger partial charge in [-0.1, -0.05) is 0 Å². The second-order valence-electron chi connectivity index (χ2n) is 4.65. The fourth-order valence-corrected chi connectivity index (χ4v) is 1.50. The van der Waals surface area contributed by atoms with Crippen LogP contribution in [0.1, 0.15) is 33.6 Å². The number of hydrogen-bond donors (Lipinski definition) is 1. The topological polar surface area (TPSA) is 38.3 Å². The van der Waals surface area contributed by atoms with Crippen LogP contribution in [0.5, 0.6) is 0 Å². The summed E-state index contributed by atoms with van der Waals surface area (Å²) in [5, 5.41) is 2.89. The average Bonchev–Trinajstić information content (AvgIpc) is 2.53. The van der Waals surface area contributed by atoms with E-state index in [0.29, 0.717) is 12.5 Å². The van der Waals surface area contributed by atoms with Gasteiger partial charge in [-0.15, -0.1) is 11.6 Å². The number of nitrogens with one attached hydrogen (secondary N) is 1. The van der Waals surface area contributed by atoms with E-state index in [9.17, 15) is 4.79 Å². The summed E-state index contributed by atoms with van der Waals surface area (Å²) < 4.78 is 5.44. The largest absolute Gasteiger partial charge is 0.365 e. The molecule has 0 aromatic heterocycles. The standard InChI is InChI=1S/C10H18ClNO2/c1-9(2,7-11)12-8(13)10(3)5-4-6-14-10/h4-7H2,1-3H3,(H,12,13). The molecular weight excluding hydrogens is 202 g/mol. The van der Waals surface area contributed by atoms with Gasteiger partial charge in [-0.05, 0) is 33.6 Å². The molecule has 82 valence electrons. The van der Waals surface area contributed by atoms with E-state index in [4.69, 9.17) is 16.3 Å². The molecule has 1 aliphatic heterocycles. The van der Waals surface area contributed by atoms with Gasteiger partial charge in [-0.25, -0.2) is 0 Å². The Balaban J connectivity index is 2.57. The molecule has 1 N–H and O–H groups in total. The van der Waals surface area contributed by atoms with Crippen LogP contribution in [0.3, 0.4) is 0 Å². The Morgan fingerprint density at radius 3 is 2.71 bits per heavy atom. The molecule has 1 unspecified atom stereocenters. The minimum atomic E-state index is -0.649. The lowest BCUT2D eigenvalue weighted by atomic mass is 9.99. The maximum Gasteiger partial charge on any atom is 0.252 e. The van der Waals surface area contributed by atoms with Crippen LogP contribution in [0, 0.1) is 0 Å². The molecule has 1 amide bonds. The smallest absolute Gasteiger partial charge is 0.252 e. The van der Waals surface area contributed by atoms with Crippen molar-refractivity contribution in [3.63, 3.8) is 0 Å². The molecule has 1 aliphatic rings. The SMILES string of the molecule is CC(C)(CCl)NC(=O)C1(C)CCCO1. The average molecular weight is 220 g/mol. The Kier molecular flexibility index (Phi) is 3.43. The zero-order chi connectivity index (χ0) is 10.8. The van der Waals surface area contributed by atoms with Crippen molar-refractivity contribution in [3.05, 3.63) is 0 Å². The molecule has 1 atom stereocenters. The Bertz CT molecular complexity index is 222. The number of halogens is 1. The molecule has 14 heavy (non-hydrogen) atoms. The Morgan fingerprint density at radius 1 is 1.64 bits per heavy atom. The minimum Gasteiger partial charge on any atom is -0.365 e. The summed E-state index contributed by atoms with van der Waals surface area (Å²) in [4.78, 5) is 11.8. The lowest BCUT2D eigenvalue weighted by Crippen LogP contribution is -2.53. The molecule has 1 rings (SSSR count). The normalized spacial score (nSPS) is 27.7. The summed E-state index contributed by atoms with van der Waals surface area (Å²) in [5.41, 5.74) is -1.02. The van der Waals surface area contributed by atoms with Crippen molar-refractivity contribution >= 4 is 17.5 Å². The van der Waals surface area contributed by atoms with Gasteiger partial charge in [-0.3, -0.25) is 4.79 Å². The Morgan fingerprint density at radius 2 is 2.29 bits per heavy atom. The predicted octanol–water partition coefficient (Wildman–Crippen LogP) is 1.69. The van der Waals surface area contributed by atoms with Crippen LogP contribution < -0.4 is 5.32 Å². The first kappa shape index (κ1) is 11.8. The van der Waals surface area contributed by atoms with Crippen molar-refractivity contribution in [1.29, 1.82) is 0 Å². The molecule has 1 fully saturated rings. The first-order valence-electron chi connectivity index (χ1n) is 4.92. The van der Waals surface area contributed by atoms with Gasteiger partial charge in [0.1, 0.15) is 5.60 Å². The van der Waals surface area contributed by atoms with Crippen molar-refractivity contribution in [1.82, 2.24) is 5.32 Å². The molecule has 0 aliphatic carbocycles. The molecule has 0 bridgehead atoms. The Labute approximate surface area is 90.1 Å². The van der Waals surface area contributed by atoms with Crippen LogP contribution in [-0.2, 0) is 9.53 Å². The third kappa shape index (κ3) is 2.61. The molecule has 0 aromatic carbocycles. The third-order valence-electron chi connectivity index (χ3n) is 2.49. The fourth-order valence-electron chi connectivity index (χ4n) is 1.43. The van der Waals surface area contributed by atoms with Gasteiger partial charge in [0.15, 0.2) is 0 Å². The summed E-state index contributed by atoms with van der Waals surface area (Å²) in [6.07, 6.45) is 1.74. The molecule has 1 heterocycles. The van der Waals surface area contributed by atoms with Crippen LogP contribution in [0.25, 0.3) is 0 Å². The van der Waals surface area contributed by atoms with Gasteiger partial charge < -0.3 is 10.1 Å². The zero-order valence-corrected chi connectivity index (χ0v) is 9.78. The van der Waals surface area contributed by atoms with E-state index >= 15 is 0 Å². The van der Waals surface area contributed by atoms with Crippen LogP contribution >= 0.6 is 11.6 Å². The highest BCUT2D eigenvalue weighted by Crippen LogP contribution is 2.25. The van der Waals surface area contributed by atoms with Gasteiger partial charge in [0.25, 0.3) is 5.91 Å². The second-order valence-corrected chi connectivity index (χ2v) is 4.92. The minimum absolute atomic E-state index is 0.0550. The van der Waals surface area contributed by atoms with Gasteiger partial charge in [-0.2, -0.15) is 0 Å². The van der Waals surface area contributed by atoms with Crippen molar-refractivity contribution in [2.24, 2.45) is 0 Å². The number of alkyl halides is 1. The van der Waals surface area contributed by atoms with Crippen molar-refractivity contribution < 1.29 is 9.53 Å². The van der Waals surface area contributed by atoms with Crippen molar-refractivity contribution in [3.8, 4) is 0 Å². The molecule has 0 spiro atoms. The van der Waals surface area contributed by atoms with E-state index in [-0.39, 0.29) is 11.4 Å². The van der Waals surface area contributed by atoms with Gasteiger partial charge in [0.2, 0.25) is 0 Å². The monoisotopic (exact) mass is 219 g/mol. The number of ether oxygens (including phenoxy) is 1. The summed E-state index contributed by atoms with van der Waals surface area (Å²) in [7, 11) is 0. The lowest BCUT2D eigenvalue weighted by Gasteiger charge is -2.29. The molecular formula is C10H18ClNO2. The maximum absolute atomic E-state index is 11.8. The first-order valence-corrected chi connectivity index (χ1v) is 5.46. The number of rotatable bonds is 3. The van der Waals surface area contributed by atoms with Crippen LogP contribution in [0.2, 0.25) is 0 Å². The predicted molar refractivity (Wildman–Crippen MR) is 56.5 cm³/mol. The van der Waals surface area contributed by atoms with E-state index in [1.54, 1.807) is 0 Å². The fraction of sp³-hybridized carbons (Fsp3) is 0.900. The number of amides is 1. The molecule has 0 radical (unpaired) electrons. The first-order chi connectivity index (χ1) is 6.40. The summed E-state index contributed by atoms with van der Waals surface area (Å²) in [6, 6.07) is 0. The number of carbonyl (C=O) groups is 1. The van der Waals surface area contributed by atoms with Crippen LogP contribution in [0.15, 0.2) is 0 Å². The van der Waals surface area contributed by atoms with E-state index in [0.717, 1.165) is 12.8 Å². The van der Waals surface area contributed by atoms with Crippen LogP contribution in [-0.4, -0.2) is 29.5 Å². The lowest BCUT2D eigenvalue weighted by molar-refractivity contribution is -0.141. The quantitative estimate of drug-likeness (QED) is 0.734. The van der Waals surface area contributed by atoms with E-state index in [1.807, 2.05) is 20.8 Å². The zero-order valence-electron chi connectivity index (χ0n) is 9.02. The molecule has 4 heteroatoms. The number of hydrogen-bond acceptors (Lipinski definition) is 2. The highest BCUT2D eigenvalue weighted by atomic mass is 35.5. The van der Waals surface area contributed by atoms with Gasteiger partial charge in [0.05, 0.1) is 0 Å². The maximum atomic E-state index is 11.8. The molecule has 0 aromatic rings.